The van der Waals surface area contributed by atoms with Crippen LogP contribution in [0.1, 0.15) is 16.2 Å². The molecule has 0 bridgehead atoms. The number of aryl methyl sites for hydroxylation is 1. The number of nitrogens with one attached hydrogen (secondary N) is 2. The molecule has 0 atom stereocenters. The summed E-state index contributed by atoms with van der Waals surface area (Å²) in [5.41, 5.74) is 1.80. The van der Waals surface area contributed by atoms with E-state index in [0.717, 1.165) is 5.69 Å². The molecule has 9 nitrogen and oxygen atoms in total. The van der Waals surface area contributed by atoms with Crippen LogP contribution in [0, 0.1) is 6.92 Å². The Morgan fingerprint density at radius 2 is 1.42 bits per heavy atom. The molecule has 0 aliphatic heterocycles. The van der Waals surface area contributed by atoms with Gasteiger partial charge < -0.3 is 29.6 Å². The van der Waals surface area contributed by atoms with Crippen molar-refractivity contribution in [2.45, 2.75) is 6.92 Å². The summed E-state index contributed by atoms with van der Waals surface area (Å²) in [6.45, 7) is 1.79. The largest absolute Gasteiger partial charge is 0.493 e. The molecule has 0 aliphatic carbocycles. The lowest BCUT2D eigenvalue weighted by Crippen LogP contribution is -2.12. The summed E-state index contributed by atoms with van der Waals surface area (Å²) < 4.78 is 21.1. The summed E-state index contributed by atoms with van der Waals surface area (Å²) in [5, 5.41) is 6.04. The van der Waals surface area contributed by atoms with Gasteiger partial charge >= 0.3 is 0 Å². The van der Waals surface area contributed by atoms with Crippen molar-refractivity contribution in [3.05, 3.63) is 53.9 Å². The molecule has 162 valence electrons. The maximum atomic E-state index is 12.7. The van der Waals surface area contributed by atoms with Gasteiger partial charge in [-0.1, -0.05) is 0 Å². The van der Waals surface area contributed by atoms with Crippen LogP contribution in [-0.4, -0.2) is 44.3 Å². The van der Waals surface area contributed by atoms with E-state index < -0.39 is 0 Å². The summed E-state index contributed by atoms with van der Waals surface area (Å²) in [4.78, 5) is 21.2. The van der Waals surface area contributed by atoms with Gasteiger partial charge in [-0.3, -0.25) is 4.79 Å². The Bertz CT molecular complexity index is 1040. The molecule has 0 spiro atoms. The molecule has 3 rings (SSSR count). The number of amides is 1. The quantitative estimate of drug-likeness (QED) is 0.563. The topological polar surface area (TPSA) is 104 Å². The van der Waals surface area contributed by atoms with E-state index in [1.54, 1.807) is 44.4 Å². The second-order valence-corrected chi connectivity index (χ2v) is 6.41. The van der Waals surface area contributed by atoms with Gasteiger partial charge in [0.2, 0.25) is 11.6 Å². The normalized spacial score (nSPS) is 10.2. The minimum atomic E-state index is -0.309. The van der Waals surface area contributed by atoms with Crippen LogP contribution in [0.4, 0.5) is 17.2 Å². The van der Waals surface area contributed by atoms with E-state index in [9.17, 15) is 4.79 Å². The molecule has 3 aromatic rings. The lowest BCUT2D eigenvalue weighted by atomic mass is 10.1. The van der Waals surface area contributed by atoms with Crippen molar-refractivity contribution >= 4 is 23.1 Å². The smallest absolute Gasteiger partial charge is 0.255 e. The highest BCUT2D eigenvalue weighted by molar-refractivity contribution is 6.05. The van der Waals surface area contributed by atoms with Gasteiger partial charge in [0.25, 0.3) is 5.91 Å². The zero-order chi connectivity index (χ0) is 22.4. The predicted molar refractivity (Wildman–Crippen MR) is 117 cm³/mol. The first-order chi connectivity index (χ1) is 15.0. The number of anilines is 3. The van der Waals surface area contributed by atoms with E-state index in [1.165, 1.54) is 21.3 Å². The van der Waals surface area contributed by atoms with Gasteiger partial charge in [-0.25, -0.2) is 4.98 Å². The third-order valence-corrected chi connectivity index (χ3v) is 4.37. The summed E-state index contributed by atoms with van der Waals surface area (Å²) in [6.07, 6.45) is 0. The summed E-state index contributed by atoms with van der Waals surface area (Å²) in [6, 6.07) is 12.1. The van der Waals surface area contributed by atoms with Crippen molar-refractivity contribution in [3.8, 4) is 23.1 Å². The van der Waals surface area contributed by atoms with Crippen LogP contribution in [0.3, 0.4) is 0 Å². The lowest BCUT2D eigenvalue weighted by Gasteiger charge is -2.14. The molecule has 0 radical (unpaired) electrons. The average Bonchev–Trinajstić information content (AvgIpc) is 2.78. The highest BCUT2D eigenvalue weighted by Crippen LogP contribution is 2.38. The standard InChI is InChI=1S/C22H24N4O5/c1-13-23-19(12-20(24-13)30-4)25-15-6-8-16(9-7-15)26-22(27)14-10-17(28-2)21(31-5)18(11-14)29-3/h6-12H,1-5H3,(H,26,27)(H,23,24,25). The Morgan fingerprint density at radius 1 is 0.806 bits per heavy atom. The lowest BCUT2D eigenvalue weighted by molar-refractivity contribution is 0.102. The van der Waals surface area contributed by atoms with Gasteiger partial charge in [-0.05, 0) is 43.3 Å². The van der Waals surface area contributed by atoms with E-state index in [-0.39, 0.29) is 5.91 Å². The molecule has 2 N–H and O–H groups in total. The summed E-state index contributed by atoms with van der Waals surface area (Å²) >= 11 is 0. The van der Waals surface area contributed by atoms with Crippen molar-refractivity contribution < 1.29 is 23.7 Å². The van der Waals surface area contributed by atoms with Crippen molar-refractivity contribution in [1.29, 1.82) is 0 Å². The van der Waals surface area contributed by atoms with Gasteiger partial charge in [0.15, 0.2) is 11.5 Å². The van der Waals surface area contributed by atoms with E-state index in [2.05, 4.69) is 20.6 Å². The molecule has 0 aliphatic rings. The predicted octanol–water partition coefficient (Wildman–Crippen LogP) is 3.82. The first-order valence-electron chi connectivity index (χ1n) is 9.35. The SMILES string of the molecule is COc1cc(Nc2ccc(NC(=O)c3cc(OC)c(OC)c(OC)c3)cc2)nc(C)n1. The molecule has 1 aromatic heterocycles. The Morgan fingerprint density at radius 3 is 1.97 bits per heavy atom. The third kappa shape index (κ3) is 5.13. The molecule has 31 heavy (non-hydrogen) atoms. The van der Waals surface area contributed by atoms with Crippen molar-refractivity contribution in [2.24, 2.45) is 0 Å². The number of hydrogen-bond acceptors (Lipinski definition) is 8. The average molecular weight is 424 g/mol. The molecular weight excluding hydrogens is 400 g/mol. The molecule has 0 saturated carbocycles. The van der Waals surface area contributed by atoms with Crippen LogP contribution >= 0.6 is 0 Å². The van der Waals surface area contributed by atoms with E-state index >= 15 is 0 Å². The number of benzene rings is 2. The zero-order valence-electron chi connectivity index (χ0n) is 18.0. The van der Waals surface area contributed by atoms with E-state index in [4.69, 9.17) is 18.9 Å². The number of methoxy groups -OCH3 is 4. The van der Waals surface area contributed by atoms with Crippen molar-refractivity contribution in [2.75, 3.05) is 39.1 Å². The Labute approximate surface area is 180 Å². The monoisotopic (exact) mass is 424 g/mol. The number of carbonyl (C=O) groups is 1. The van der Waals surface area contributed by atoms with Gasteiger partial charge in [0.1, 0.15) is 11.6 Å². The van der Waals surface area contributed by atoms with Crippen LogP contribution in [0.5, 0.6) is 23.1 Å². The fourth-order valence-corrected chi connectivity index (χ4v) is 2.91. The van der Waals surface area contributed by atoms with Crippen molar-refractivity contribution in [3.63, 3.8) is 0 Å². The van der Waals surface area contributed by atoms with Gasteiger partial charge in [-0.15, -0.1) is 0 Å². The second-order valence-electron chi connectivity index (χ2n) is 6.41. The first kappa shape index (κ1) is 21.7. The first-order valence-corrected chi connectivity index (χ1v) is 9.35. The number of ether oxygens (including phenoxy) is 4. The summed E-state index contributed by atoms with van der Waals surface area (Å²) in [5.74, 6) is 2.60. The van der Waals surface area contributed by atoms with E-state index in [0.29, 0.717) is 46.0 Å². The molecule has 0 unspecified atom stereocenters. The van der Waals surface area contributed by atoms with Crippen LogP contribution in [-0.2, 0) is 0 Å². The van der Waals surface area contributed by atoms with Gasteiger partial charge in [0, 0.05) is 23.0 Å². The van der Waals surface area contributed by atoms with Crippen LogP contribution in [0.25, 0.3) is 0 Å². The fourth-order valence-electron chi connectivity index (χ4n) is 2.91. The third-order valence-electron chi connectivity index (χ3n) is 4.37. The molecule has 0 fully saturated rings. The minimum Gasteiger partial charge on any atom is -0.493 e. The molecule has 0 saturated heterocycles. The fraction of sp³-hybridized carbons (Fsp3) is 0.227. The highest BCUT2D eigenvalue weighted by Gasteiger charge is 2.17. The maximum Gasteiger partial charge on any atom is 0.255 e. The molecule has 2 aromatic carbocycles. The molecule has 1 heterocycles. The Balaban J connectivity index is 1.74. The minimum absolute atomic E-state index is 0.309. The number of hydrogen-bond donors (Lipinski definition) is 2. The molecule has 9 heteroatoms. The summed E-state index contributed by atoms with van der Waals surface area (Å²) in [7, 11) is 6.06. The zero-order valence-corrected chi connectivity index (χ0v) is 18.0. The van der Waals surface area contributed by atoms with Crippen LogP contribution < -0.4 is 29.6 Å². The number of nitrogens with zero attached hydrogens (tertiary/aromatic N) is 2. The van der Waals surface area contributed by atoms with Crippen molar-refractivity contribution in [1.82, 2.24) is 9.97 Å². The number of rotatable bonds is 8. The highest BCUT2D eigenvalue weighted by atomic mass is 16.5. The Hall–Kier alpha value is -4.01. The van der Waals surface area contributed by atoms with E-state index in [1.807, 2.05) is 12.1 Å². The molecular formula is C22H24N4O5. The number of carbonyl (C=O) groups excluding carboxylic acids is 1. The van der Waals surface area contributed by atoms with Gasteiger partial charge in [-0.2, -0.15) is 4.98 Å². The van der Waals surface area contributed by atoms with Crippen LogP contribution in [0.15, 0.2) is 42.5 Å². The van der Waals surface area contributed by atoms with Gasteiger partial charge in [0.05, 0.1) is 28.4 Å². The van der Waals surface area contributed by atoms with Crippen LogP contribution in [0.2, 0.25) is 0 Å². The Kier molecular flexibility index (Phi) is 6.76. The number of aromatic nitrogens is 2. The maximum absolute atomic E-state index is 12.7. The molecule has 1 amide bonds. The second kappa shape index (κ2) is 9.66.